The lowest BCUT2D eigenvalue weighted by Gasteiger charge is -2.26. The molecule has 1 saturated heterocycles. The van der Waals surface area contributed by atoms with Crippen molar-refractivity contribution in [3.8, 4) is 0 Å². The summed E-state index contributed by atoms with van der Waals surface area (Å²) in [4.78, 5) is 15.8. The van der Waals surface area contributed by atoms with Gasteiger partial charge in [0.25, 0.3) is 0 Å². The van der Waals surface area contributed by atoms with Crippen LogP contribution in [0.3, 0.4) is 0 Å². The molecule has 3 atom stereocenters. The second kappa shape index (κ2) is 15.9. The molecule has 0 unspecified atom stereocenters. The van der Waals surface area contributed by atoms with Gasteiger partial charge in [-0.15, -0.1) is 0 Å². The van der Waals surface area contributed by atoms with Crippen molar-refractivity contribution in [3.63, 3.8) is 0 Å². The minimum atomic E-state index is -0.201. The first-order valence-corrected chi connectivity index (χ1v) is 14.6. The molecule has 1 aliphatic carbocycles. The number of hydrogen-bond donors (Lipinski definition) is 1. The molecule has 1 aliphatic heterocycles. The predicted molar refractivity (Wildman–Crippen MR) is 160 cm³/mol. The van der Waals surface area contributed by atoms with Crippen LogP contribution in [0.25, 0.3) is 6.08 Å². The lowest BCUT2D eigenvalue weighted by Crippen LogP contribution is -2.35. The maximum Gasteiger partial charge on any atom is 0.243 e. The Balaban J connectivity index is 1.16. The van der Waals surface area contributed by atoms with E-state index in [9.17, 15) is 9.18 Å². The maximum absolute atomic E-state index is 14.7. The largest absolute Gasteiger partial charge is 0.377 e. The Bertz CT molecular complexity index is 1150. The van der Waals surface area contributed by atoms with Crippen LogP contribution < -0.4 is 5.32 Å². The smallest absolute Gasteiger partial charge is 0.243 e. The van der Waals surface area contributed by atoms with E-state index in [0.717, 1.165) is 37.1 Å². The van der Waals surface area contributed by atoms with Gasteiger partial charge < -0.3 is 24.4 Å². The van der Waals surface area contributed by atoms with Gasteiger partial charge in [-0.05, 0) is 55.8 Å². The molecule has 0 aromatic heterocycles. The predicted octanol–water partition coefficient (Wildman–Crippen LogP) is 4.21. The van der Waals surface area contributed by atoms with E-state index in [2.05, 4.69) is 72.2 Å². The number of amides is 1. The lowest BCUT2D eigenvalue weighted by molar-refractivity contribution is -0.116. The minimum absolute atomic E-state index is 0.0587. The molecule has 0 saturated carbocycles. The number of halogens is 1. The average Bonchev–Trinajstić information content (AvgIpc) is 3.61. The third-order valence-corrected chi connectivity index (χ3v) is 7.95. The van der Waals surface area contributed by atoms with E-state index in [1.165, 1.54) is 17.2 Å². The number of rotatable bonds is 16. The van der Waals surface area contributed by atoms with Gasteiger partial charge in [0.1, 0.15) is 5.82 Å². The molecule has 2 aromatic carbocycles. The quantitative estimate of drug-likeness (QED) is 0.243. The van der Waals surface area contributed by atoms with Crippen molar-refractivity contribution in [1.29, 1.82) is 0 Å². The molecule has 0 bridgehead atoms. The zero-order chi connectivity index (χ0) is 29.0. The first kappa shape index (κ1) is 31.1. The Morgan fingerprint density at radius 1 is 1.05 bits per heavy atom. The molecule has 0 spiro atoms. The summed E-state index contributed by atoms with van der Waals surface area (Å²) in [5.74, 6) is 0.120. The van der Waals surface area contributed by atoms with Crippen molar-refractivity contribution >= 4 is 12.0 Å². The number of nitrogens with zero attached hydrogens (tertiary/aromatic N) is 2. The summed E-state index contributed by atoms with van der Waals surface area (Å²) in [5.41, 5.74) is 4.55. The Morgan fingerprint density at radius 3 is 2.51 bits per heavy atom. The van der Waals surface area contributed by atoms with Gasteiger partial charge in [-0.1, -0.05) is 55.1 Å². The molecule has 2 aliphatic rings. The second-order valence-electron chi connectivity index (χ2n) is 10.8. The van der Waals surface area contributed by atoms with E-state index in [1.54, 1.807) is 6.07 Å². The van der Waals surface area contributed by atoms with E-state index >= 15 is 0 Å². The van der Waals surface area contributed by atoms with Gasteiger partial charge in [-0.25, -0.2) is 4.39 Å². The zero-order valence-electron chi connectivity index (χ0n) is 24.4. The number of likely N-dealkylation sites (tertiary alicyclic amines) is 1. The second-order valence-corrected chi connectivity index (χ2v) is 10.8. The van der Waals surface area contributed by atoms with Gasteiger partial charge in [-0.3, -0.25) is 9.69 Å². The van der Waals surface area contributed by atoms with Gasteiger partial charge in [0, 0.05) is 43.2 Å². The molecular formula is C33H44FN3O4. The summed E-state index contributed by atoms with van der Waals surface area (Å²) in [6.45, 7) is 8.67. The van der Waals surface area contributed by atoms with Crippen LogP contribution in [-0.4, -0.2) is 95.1 Å². The van der Waals surface area contributed by atoms with Crippen LogP contribution in [0.2, 0.25) is 0 Å². The molecule has 8 heteroatoms. The van der Waals surface area contributed by atoms with Crippen molar-refractivity contribution in [3.05, 3.63) is 89.3 Å². The molecule has 41 heavy (non-hydrogen) atoms. The summed E-state index contributed by atoms with van der Waals surface area (Å²) in [5, 5.41) is 2.65. The SMILES string of the molecule is C=CC(=O)NCCOCCOCCOC/C=C/c1ccc([C@H]2CN([C@H]3CCc4cccc(F)c43)C[C@@H]2N(C)C)cc1. The molecular weight excluding hydrogens is 521 g/mol. The monoisotopic (exact) mass is 565 g/mol. The van der Waals surface area contributed by atoms with Crippen LogP contribution in [-0.2, 0) is 25.4 Å². The Labute approximate surface area is 243 Å². The highest BCUT2D eigenvalue weighted by molar-refractivity contribution is 5.86. The van der Waals surface area contributed by atoms with E-state index in [1.807, 2.05) is 12.1 Å². The minimum Gasteiger partial charge on any atom is -0.377 e. The molecule has 1 amide bonds. The maximum atomic E-state index is 14.7. The summed E-state index contributed by atoms with van der Waals surface area (Å²) in [6.07, 6.45) is 7.28. The van der Waals surface area contributed by atoms with Crippen molar-refractivity contribution in [1.82, 2.24) is 15.1 Å². The molecule has 7 nitrogen and oxygen atoms in total. The number of ether oxygens (including phenoxy) is 3. The fourth-order valence-corrected chi connectivity index (χ4v) is 5.84. The normalized spacial score (nSPS) is 20.6. The average molecular weight is 566 g/mol. The number of aryl methyl sites for hydroxylation is 1. The van der Waals surface area contributed by atoms with Crippen molar-refractivity contribution < 1.29 is 23.4 Å². The summed E-state index contributed by atoms with van der Waals surface area (Å²) >= 11 is 0. The molecule has 0 radical (unpaired) electrons. The molecule has 1 N–H and O–H groups in total. The molecule has 2 aromatic rings. The van der Waals surface area contributed by atoms with Crippen LogP contribution >= 0.6 is 0 Å². The van der Waals surface area contributed by atoms with Crippen LogP contribution in [0.5, 0.6) is 0 Å². The fraction of sp³-hybridized carbons (Fsp3) is 0.485. The Morgan fingerprint density at radius 2 is 1.78 bits per heavy atom. The summed E-state index contributed by atoms with van der Waals surface area (Å²) in [6, 6.07) is 14.9. The number of fused-ring (bicyclic) bond motifs is 1. The Hall–Kier alpha value is -2.88. The van der Waals surface area contributed by atoms with E-state index < -0.39 is 0 Å². The zero-order valence-corrected chi connectivity index (χ0v) is 24.4. The number of carbonyl (C=O) groups excluding carboxylic acids is 1. The summed E-state index contributed by atoms with van der Waals surface area (Å²) in [7, 11) is 4.30. The number of nitrogens with one attached hydrogen (secondary N) is 1. The fourth-order valence-electron chi connectivity index (χ4n) is 5.84. The van der Waals surface area contributed by atoms with E-state index in [0.29, 0.717) is 58.1 Å². The van der Waals surface area contributed by atoms with Gasteiger partial charge in [0.15, 0.2) is 0 Å². The third-order valence-electron chi connectivity index (χ3n) is 7.95. The number of benzene rings is 2. The van der Waals surface area contributed by atoms with Gasteiger partial charge >= 0.3 is 0 Å². The van der Waals surface area contributed by atoms with E-state index in [-0.39, 0.29) is 17.8 Å². The highest BCUT2D eigenvalue weighted by Gasteiger charge is 2.41. The third kappa shape index (κ3) is 8.80. The summed E-state index contributed by atoms with van der Waals surface area (Å²) < 4.78 is 31.2. The molecule has 4 rings (SSSR count). The lowest BCUT2D eigenvalue weighted by atomic mass is 9.93. The first-order valence-electron chi connectivity index (χ1n) is 14.6. The topological polar surface area (TPSA) is 63.3 Å². The van der Waals surface area contributed by atoms with Crippen LogP contribution in [0.15, 0.2) is 61.2 Å². The number of hydrogen-bond acceptors (Lipinski definition) is 6. The van der Waals surface area contributed by atoms with Crippen molar-refractivity contribution in [2.75, 3.05) is 73.4 Å². The first-order chi connectivity index (χ1) is 20.0. The molecule has 1 fully saturated rings. The standard InChI is InChI=1S/C33H44FN3O4/c1-4-32(38)35-16-18-40-20-22-41-21-19-39-17-6-7-25-10-12-26(13-11-25)28-23-37(24-31(28)36(2)3)30-15-14-27-8-5-9-29(34)33(27)30/h4-13,28,30-31H,1,14-24H2,2-3H3,(H,35,38)/b7-6+/t28-,30+,31+/m1/s1. The highest BCUT2D eigenvalue weighted by atomic mass is 19.1. The van der Waals surface area contributed by atoms with Gasteiger partial charge in [0.2, 0.25) is 5.91 Å². The van der Waals surface area contributed by atoms with Gasteiger partial charge in [0.05, 0.1) is 39.6 Å². The number of likely N-dealkylation sites (N-methyl/N-ethyl adjacent to an activating group) is 1. The van der Waals surface area contributed by atoms with E-state index in [4.69, 9.17) is 14.2 Å². The molecule has 222 valence electrons. The Kier molecular flexibility index (Phi) is 12.1. The van der Waals surface area contributed by atoms with Crippen molar-refractivity contribution in [2.45, 2.75) is 30.8 Å². The van der Waals surface area contributed by atoms with Crippen LogP contribution in [0, 0.1) is 5.82 Å². The van der Waals surface area contributed by atoms with Gasteiger partial charge in [-0.2, -0.15) is 0 Å². The van der Waals surface area contributed by atoms with Crippen molar-refractivity contribution in [2.24, 2.45) is 0 Å². The number of carbonyl (C=O) groups is 1. The van der Waals surface area contributed by atoms with Crippen LogP contribution in [0.1, 0.15) is 40.6 Å². The highest BCUT2D eigenvalue weighted by Crippen LogP contribution is 2.42. The molecule has 1 heterocycles. The van der Waals surface area contributed by atoms with Crippen LogP contribution in [0.4, 0.5) is 4.39 Å².